The first-order valence-corrected chi connectivity index (χ1v) is 7.75. The Balaban J connectivity index is 1.89. The number of nitrogens with one attached hydrogen (secondary N) is 2. The van der Waals surface area contributed by atoms with Crippen molar-refractivity contribution >= 4 is 34.3 Å². The van der Waals surface area contributed by atoms with Crippen molar-refractivity contribution < 1.29 is 0 Å². The van der Waals surface area contributed by atoms with Gasteiger partial charge in [-0.25, -0.2) is 15.0 Å². The highest BCUT2D eigenvalue weighted by Gasteiger charge is 2.13. The number of aromatic nitrogens is 5. The van der Waals surface area contributed by atoms with Crippen LogP contribution in [0.5, 0.6) is 0 Å². The molecule has 0 unspecified atom stereocenters. The van der Waals surface area contributed by atoms with Crippen molar-refractivity contribution in [3.63, 3.8) is 0 Å². The Morgan fingerprint density at radius 3 is 2.75 bits per heavy atom. The zero-order valence-corrected chi connectivity index (χ0v) is 13.5. The van der Waals surface area contributed by atoms with E-state index < -0.39 is 0 Å². The topological polar surface area (TPSA) is 79.4 Å². The summed E-state index contributed by atoms with van der Waals surface area (Å²) in [4.78, 5) is 13.5. The van der Waals surface area contributed by atoms with Crippen LogP contribution in [0.3, 0.4) is 0 Å². The second-order valence-corrected chi connectivity index (χ2v) is 5.72. The maximum absolute atomic E-state index is 6.29. The van der Waals surface area contributed by atoms with Gasteiger partial charge in [-0.1, -0.05) is 23.7 Å². The van der Waals surface area contributed by atoms with Crippen molar-refractivity contribution in [3.05, 3.63) is 59.4 Å². The molecule has 0 spiro atoms. The van der Waals surface area contributed by atoms with Gasteiger partial charge < -0.3 is 5.32 Å². The zero-order chi connectivity index (χ0) is 16.5. The molecule has 0 saturated carbocycles. The van der Waals surface area contributed by atoms with Crippen molar-refractivity contribution in [3.8, 4) is 11.4 Å². The summed E-state index contributed by atoms with van der Waals surface area (Å²) in [5.41, 5.74) is 2.31. The Morgan fingerprint density at radius 2 is 1.96 bits per heavy atom. The molecule has 0 atom stereocenters. The largest absolute Gasteiger partial charge is 0.323 e. The molecule has 6 nitrogen and oxygen atoms in total. The number of rotatable bonds is 3. The monoisotopic (exact) mass is 336 g/mol. The molecule has 0 radical (unpaired) electrons. The predicted octanol–water partition coefficient (Wildman–Crippen LogP) is 4.12. The van der Waals surface area contributed by atoms with Crippen LogP contribution < -0.4 is 5.32 Å². The molecule has 24 heavy (non-hydrogen) atoms. The van der Waals surface area contributed by atoms with E-state index in [0.717, 1.165) is 16.6 Å². The summed E-state index contributed by atoms with van der Waals surface area (Å²) >= 11 is 6.29. The fourth-order valence-corrected chi connectivity index (χ4v) is 2.64. The van der Waals surface area contributed by atoms with E-state index in [2.05, 4.69) is 30.5 Å². The lowest BCUT2D eigenvalue weighted by Gasteiger charge is -2.09. The van der Waals surface area contributed by atoms with Gasteiger partial charge in [0.1, 0.15) is 5.82 Å². The molecule has 4 rings (SSSR count). The van der Waals surface area contributed by atoms with Gasteiger partial charge >= 0.3 is 0 Å². The maximum atomic E-state index is 6.29. The van der Waals surface area contributed by atoms with Gasteiger partial charge in [-0.05, 0) is 31.2 Å². The van der Waals surface area contributed by atoms with Gasteiger partial charge in [0.15, 0.2) is 17.3 Å². The summed E-state index contributed by atoms with van der Waals surface area (Å²) in [7, 11) is 0. The van der Waals surface area contributed by atoms with Gasteiger partial charge in [0, 0.05) is 23.5 Å². The normalized spacial score (nSPS) is 10.9. The Labute approximate surface area is 143 Å². The highest BCUT2D eigenvalue weighted by molar-refractivity contribution is 6.33. The van der Waals surface area contributed by atoms with Crippen LogP contribution >= 0.6 is 11.6 Å². The van der Waals surface area contributed by atoms with Crippen molar-refractivity contribution in [2.24, 2.45) is 0 Å². The number of hydrogen-bond acceptors (Lipinski definition) is 5. The second kappa shape index (κ2) is 5.90. The van der Waals surface area contributed by atoms with E-state index in [1.165, 1.54) is 0 Å². The molecular weight excluding hydrogens is 324 g/mol. The van der Waals surface area contributed by atoms with Crippen LogP contribution in [-0.4, -0.2) is 25.1 Å². The number of pyridine rings is 1. The third kappa shape index (κ3) is 2.68. The maximum Gasteiger partial charge on any atom is 0.165 e. The van der Waals surface area contributed by atoms with Crippen molar-refractivity contribution in [1.29, 1.82) is 0 Å². The molecule has 3 heterocycles. The lowest BCUT2D eigenvalue weighted by atomic mass is 10.2. The van der Waals surface area contributed by atoms with Gasteiger partial charge in [-0.15, -0.1) is 0 Å². The molecular formula is C17H13ClN6. The molecule has 7 heteroatoms. The fraction of sp³-hybridized carbons (Fsp3) is 0.0588. The van der Waals surface area contributed by atoms with Crippen molar-refractivity contribution in [2.75, 3.05) is 5.32 Å². The number of benzene rings is 1. The van der Waals surface area contributed by atoms with Crippen molar-refractivity contribution in [1.82, 2.24) is 25.1 Å². The molecule has 0 aliphatic heterocycles. The van der Waals surface area contributed by atoms with Crippen LogP contribution in [0.15, 0.2) is 48.7 Å². The summed E-state index contributed by atoms with van der Waals surface area (Å²) in [6.07, 6.45) is 1.70. The van der Waals surface area contributed by atoms with Crippen LogP contribution in [0.4, 0.5) is 11.6 Å². The number of aryl methyl sites for hydroxylation is 1. The third-order valence-electron chi connectivity index (χ3n) is 3.54. The van der Waals surface area contributed by atoms with E-state index >= 15 is 0 Å². The summed E-state index contributed by atoms with van der Waals surface area (Å²) < 4.78 is 0. The number of nitrogens with zero attached hydrogens (tertiary/aromatic N) is 4. The summed E-state index contributed by atoms with van der Waals surface area (Å²) in [6, 6.07) is 13.1. The zero-order valence-electron chi connectivity index (χ0n) is 12.8. The molecule has 118 valence electrons. The van der Waals surface area contributed by atoms with Crippen LogP contribution in [0.25, 0.3) is 22.4 Å². The molecule has 1 aromatic carbocycles. The van der Waals surface area contributed by atoms with Gasteiger partial charge in [0.25, 0.3) is 0 Å². The number of H-pyrrole nitrogens is 1. The Bertz CT molecular complexity index is 1030. The highest BCUT2D eigenvalue weighted by Crippen LogP contribution is 2.29. The van der Waals surface area contributed by atoms with Crippen LogP contribution in [0, 0.1) is 6.92 Å². The van der Waals surface area contributed by atoms with Gasteiger partial charge in [-0.2, -0.15) is 5.10 Å². The van der Waals surface area contributed by atoms with Gasteiger partial charge in [0.05, 0.1) is 10.4 Å². The first kappa shape index (κ1) is 14.6. The molecule has 0 aliphatic carbocycles. The Morgan fingerprint density at radius 1 is 1.08 bits per heavy atom. The molecule has 0 aliphatic rings. The van der Waals surface area contributed by atoms with Crippen LogP contribution in [-0.2, 0) is 0 Å². The van der Waals surface area contributed by atoms with E-state index in [1.54, 1.807) is 6.20 Å². The number of fused-ring (bicyclic) bond motifs is 1. The van der Waals surface area contributed by atoms with Crippen molar-refractivity contribution in [2.45, 2.75) is 6.92 Å². The minimum absolute atomic E-state index is 0.515. The fourth-order valence-electron chi connectivity index (χ4n) is 2.42. The lowest BCUT2D eigenvalue weighted by Crippen LogP contribution is -2.00. The van der Waals surface area contributed by atoms with E-state index in [-0.39, 0.29) is 0 Å². The van der Waals surface area contributed by atoms with Crippen LogP contribution in [0.2, 0.25) is 5.02 Å². The molecule has 0 amide bonds. The molecule has 0 bridgehead atoms. The molecule has 4 aromatic rings. The van der Waals surface area contributed by atoms with E-state index in [9.17, 15) is 0 Å². The minimum atomic E-state index is 0.515. The Hall–Kier alpha value is -2.99. The first-order chi connectivity index (χ1) is 11.7. The molecule has 2 N–H and O–H groups in total. The van der Waals surface area contributed by atoms with E-state index in [1.807, 2.05) is 49.4 Å². The standard InChI is InChI=1S/C17H13ClN6/c1-10-9-14(24-23-10)20-17-12-6-4-8-19-15(12)21-16(22-17)11-5-2-3-7-13(11)18/h2-9H,1H3,(H2,19,20,21,22,23,24). The summed E-state index contributed by atoms with van der Waals surface area (Å²) in [5.74, 6) is 1.83. The average molecular weight is 337 g/mol. The SMILES string of the molecule is Cc1cc(Nc2nc(-c3ccccc3Cl)nc3ncccc23)n[nH]1. The van der Waals surface area contributed by atoms with Gasteiger partial charge in [0.2, 0.25) is 0 Å². The number of aromatic amines is 1. The lowest BCUT2D eigenvalue weighted by molar-refractivity contribution is 1.05. The summed E-state index contributed by atoms with van der Waals surface area (Å²) in [5, 5.41) is 11.7. The van der Waals surface area contributed by atoms with E-state index in [4.69, 9.17) is 11.6 Å². The first-order valence-electron chi connectivity index (χ1n) is 7.37. The minimum Gasteiger partial charge on any atom is -0.323 e. The second-order valence-electron chi connectivity index (χ2n) is 5.31. The van der Waals surface area contributed by atoms with Gasteiger partial charge in [-0.3, -0.25) is 5.10 Å². The number of hydrogen-bond donors (Lipinski definition) is 2. The Kier molecular flexibility index (Phi) is 3.59. The molecule has 3 aromatic heterocycles. The number of halogens is 1. The summed E-state index contributed by atoms with van der Waals surface area (Å²) in [6.45, 7) is 1.94. The smallest absolute Gasteiger partial charge is 0.165 e. The predicted molar refractivity (Wildman–Crippen MR) is 94.4 cm³/mol. The quantitative estimate of drug-likeness (QED) is 0.588. The van der Waals surface area contributed by atoms with E-state index in [0.29, 0.717) is 28.1 Å². The highest BCUT2D eigenvalue weighted by atomic mass is 35.5. The molecule has 0 fully saturated rings. The molecule has 0 saturated heterocycles. The number of anilines is 2. The van der Waals surface area contributed by atoms with Crippen LogP contribution in [0.1, 0.15) is 5.69 Å². The third-order valence-corrected chi connectivity index (χ3v) is 3.87. The average Bonchev–Trinajstić information content (AvgIpc) is 3.00.